The Morgan fingerprint density at radius 2 is 2.35 bits per heavy atom. The van der Waals surface area contributed by atoms with Gasteiger partial charge in [-0.25, -0.2) is 4.79 Å². The number of thioether (sulfide) groups is 1. The van der Waals surface area contributed by atoms with E-state index in [2.05, 4.69) is 15.5 Å². The fraction of sp³-hybridized carbons (Fsp3) is 0.286. The van der Waals surface area contributed by atoms with E-state index in [0.717, 1.165) is 11.4 Å². The topological polar surface area (TPSA) is 89.3 Å². The lowest BCUT2D eigenvalue weighted by Gasteiger charge is -2.12. The number of nitrogens with zero attached hydrogens (tertiary/aromatic N) is 4. The molecule has 120 valence electrons. The Labute approximate surface area is 136 Å². The van der Waals surface area contributed by atoms with Gasteiger partial charge >= 0.3 is 6.03 Å². The minimum atomic E-state index is -0.343. The second-order valence-electron chi connectivity index (χ2n) is 4.75. The van der Waals surface area contributed by atoms with Gasteiger partial charge in [0.15, 0.2) is 5.16 Å². The highest BCUT2D eigenvalue weighted by atomic mass is 32.2. The second kappa shape index (κ2) is 6.69. The summed E-state index contributed by atoms with van der Waals surface area (Å²) in [5.74, 6) is 0.595. The van der Waals surface area contributed by atoms with Gasteiger partial charge in [0, 0.05) is 19.2 Å². The monoisotopic (exact) mass is 333 g/mol. The van der Waals surface area contributed by atoms with Gasteiger partial charge in [0.2, 0.25) is 5.91 Å². The number of aromatic nitrogens is 3. The number of ether oxygens (including phenoxy) is 1. The molecule has 0 saturated carbocycles. The van der Waals surface area contributed by atoms with Crippen LogP contribution in [-0.2, 0) is 4.79 Å². The van der Waals surface area contributed by atoms with Crippen molar-refractivity contribution in [3.63, 3.8) is 0 Å². The van der Waals surface area contributed by atoms with Gasteiger partial charge in [-0.05, 0) is 12.1 Å². The largest absolute Gasteiger partial charge is 0.497 e. The molecule has 1 aromatic carbocycles. The Morgan fingerprint density at radius 1 is 1.48 bits per heavy atom. The molecule has 0 spiro atoms. The number of methoxy groups -OCH3 is 1. The predicted molar refractivity (Wildman–Crippen MR) is 83.7 cm³/mol. The van der Waals surface area contributed by atoms with Gasteiger partial charge in [0.05, 0.1) is 18.6 Å². The van der Waals surface area contributed by atoms with Crippen LogP contribution in [0.5, 0.6) is 5.75 Å². The molecule has 9 heteroatoms. The molecule has 2 aromatic rings. The molecule has 23 heavy (non-hydrogen) atoms. The lowest BCUT2D eigenvalue weighted by molar-refractivity contribution is -0.124. The zero-order valence-electron chi connectivity index (χ0n) is 12.4. The van der Waals surface area contributed by atoms with Crippen molar-refractivity contribution in [2.75, 3.05) is 26.0 Å². The number of amides is 3. The van der Waals surface area contributed by atoms with Crippen LogP contribution in [0.15, 0.2) is 35.7 Å². The molecule has 3 rings (SSSR count). The summed E-state index contributed by atoms with van der Waals surface area (Å²) in [5.41, 5.74) is 0.836. The van der Waals surface area contributed by atoms with Gasteiger partial charge in [-0.2, -0.15) is 0 Å². The van der Waals surface area contributed by atoms with Crippen LogP contribution in [0.25, 0.3) is 5.69 Å². The molecule has 0 aliphatic carbocycles. The highest BCUT2D eigenvalue weighted by Crippen LogP contribution is 2.22. The first-order chi connectivity index (χ1) is 11.2. The highest BCUT2D eigenvalue weighted by molar-refractivity contribution is 7.99. The van der Waals surface area contributed by atoms with E-state index in [1.807, 2.05) is 24.3 Å². The van der Waals surface area contributed by atoms with Crippen LogP contribution < -0.4 is 10.1 Å². The molecule has 1 saturated heterocycles. The smallest absolute Gasteiger partial charge is 0.324 e. The summed E-state index contributed by atoms with van der Waals surface area (Å²) in [6, 6.07) is 7.11. The standard InChI is InChI=1S/C14H15N5O3S/c1-22-11-4-2-3-10(7-11)19-9-16-17-14(19)23-8-12(20)18-6-5-15-13(18)21/h2-4,7,9H,5-6,8H2,1H3,(H,15,21). The van der Waals surface area contributed by atoms with Crippen molar-refractivity contribution in [3.8, 4) is 11.4 Å². The van der Waals surface area contributed by atoms with Crippen molar-refractivity contribution in [3.05, 3.63) is 30.6 Å². The Balaban J connectivity index is 1.71. The second-order valence-corrected chi connectivity index (χ2v) is 5.69. The maximum atomic E-state index is 12.1. The molecular formula is C14H15N5O3S. The van der Waals surface area contributed by atoms with Crippen molar-refractivity contribution >= 4 is 23.7 Å². The molecule has 1 aliphatic rings. The van der Waals surface area contributed by atoms with Gasteiger partial charge in [-0.15, -0.1) is 10.2 Å². The van der Waals surface area contributed by atoms with Gasteiger partial charge < -0.3 is 10.1 Å². The number of carbonyl (C=O) groups excluding carboxylic acids is 2. The average molecular weight is 333 g/mol. The number of rotatable bonds is 5. The van der Waals surface area contributed by atoms with Gasteiger partial charge in [-0.1, -0.05) is 17.8 Å². The Bertz CT molecular complexity index is 733. The van der Waals surface area contributed by atoms with Crippen molar-refractivity contribution in [1.82, 2.24) is 25.0 Å². The maximum absolute atomic E-state index is 12.1. The lowest BCUT2D eigenvalue weighted by Crippen LogP contribution is -2.35. The first-order valence-electron chi connectivity index (χ1n) is 6.94. The SMILES string of the molecule is COc1cccc(-n2cnnc2SCC(=O)N2CCNC2=O)c1. The van der Waals surface area contributed by atoms with E-state index in [4.69, 9.17) is 4.74 Å². The summed E-state index contributed by atoms with van der Waals surface area (Å²) >= 11 is 1.24. The third-order valence-electron chi connectivity index (χ3n) is 3.33. The van der Waals surface area contributed by atoms with E-state index in [-0.39, 0.29) is 17.7 Å². The molecular weight excluding hydrogens is 318 g/mol. The fourth-order valence-corrected chi connectivity index (χ4v) is 2.98. The summed E-state index contributed by atoms with van der Waals surface area (Å²) in [6.07, 6.45) is 1.57. The third kappa shape index (κ3) is 3.29. The molecule has 2 heterocycles. The highest BCUT2D eigenvalue weighted by Gasteiger charge is 2.26. The normalized spacial score (nSPS) is 14.0. The zero-order valence-corrected chi connectivity index (χ0v) is 13.2. The Morgan fingerprint density at radius 3 is 3.09 bits per heavy atom. The molecule has 0 atom stereocenters. The quantitative estimate of drug-likeness (QED) is 0.819. The molecule has 1 aliphatic heterocycles. The van der Waals surface area contributed by atoms with Crippen molar-refractivity contribution < 1.29 is 14.3 Å². The van der Waals surface area contributed by atoms with Gasteiger partial charge in [0.25, 0.3) is 0 Å². The van der Waals surface area contributed by atoms with Crippen LogP contribution in [0.2, 0.25) is 0 Å². The molecule has 0 unspecified atom stereocenters. The lowest BCUT2D eigenvalue weighted by atomic mass is 10.3. The van der Waals surface area contributed by atoms with Gasteiger partial charge in [-0.3, -0.25) is 14.3 Å². The number of carbonyl (C=O) groups is 2. The first-order valence-corrected chi connectivity index (χ1v) is 7.93. The van der Waals surface area contributed by atoms with E-state index < -0.39 is 0 Å². The molecule has 1 aromatic heterocycles. The Kier molecular flexibility index (Phi) is 4.47. The summed E-state index contributed by atoms with van der Waals surface area (Å²) in [5, 5.41) is 11.1. The minimum absolute atomic E-state index is 0.121. The van der Waals surface area contributed by atoms with E-state index >= 15 is 0 Å². The summed E-state index contributed by atoms with van der Waals surface area (Å²) < 4.78 is 6.97. The summed E-state index contributed by atoms with van der Waals surface area (Å²) in [6.45, 7) is 0.899. The molecule has 0 bridgehead atoms. The van der Waals surface area contributed by atoms with Crippen LogP contribution in [0.3, 0.4) is 0 Å². The minimum Gasteiger partial charge on any atom is -0.497 e. The first kappa shape index (κ1) is 15.3. The van der Waals surface area contributed by atoms with E-state index in [0.29, 0.717) is 18.2 Å². The van der Waals surface area contributed by atoms with Crippen molar-refractivity contribution in [1.29, 1.82) is 0 Å². The molecule has 8 nitrogen and oxygen atoms in total. The molecule has 1 fully saturated rings. The van der Waals surface area contributed by atoms with Crippen molar-refractivity contribution in [2.24, 2.45) is 0 Å². The summed E-state index contributed by atoms with van der Waals surface area (Å²) in [7, 11) is 1.60. The number of benzene rings is 1. The summed E-state index contributed by atoms with van der Waals surface area (Å²) in [4.78, 5) is 24.7. The van der Waals surface area contributed by atoms with Crippen LogP contribution in [0.4, 0.5) is 4.79 Å². The van der Waals surface area contributed by atoms with E-state index in [1.165, 1.54) is 16.7 Å². The average Bonchev–Trinajstić information content (AvgIpc) is 3.21. The number of hydrogen-bond donors (Lipinski definition) is 1. The Hall–Kier alpha value is -2.55. The number of imide groups is 1. The third-order valence-corrected chi connectivity index (χ3v) is 4.26. The van der Waals surface area contributed by atoms with Crippen molar-refractivity contribution in [2.45, 2.75) is 5.16 Å². The molecule has 0 radical (unpaired) electrons. The van der Waals surface area contributed by atoms with Crippen LogP contribution in [0, 0.1) is 0 Å². The van der Waals surface area contributed by atoms with E-state index in [9.17, 15) is 9.59 Å². The van der Waals surface area contributed by atoms with Crippen LogP contribution in [-0.4, -0.2) is 57.6 Å². The fourth-order valence-electron chi connectivity index (χ4n) is 2.17. The number of nitrogens with one attached hydrogen (secondary N) is 1. The molecule has 1 N–H and O–H groups in total. The molecule has 3 amide bonds. The number of urea groups is 1. The van der Waals surface area contributed by atoms with Crippen LogP contribution >= 0.6 is 11.8 Å². The maximum Gasteiger partial charge on any atom is 0.324 e. The van der Waals surface area contributed by atoms with Crippen LogP contribution in [0.1, 0.15) is 0 Å². The van der Waals surface area contributed by atoms with Gasteiger partial charge in [0.1, 0.15) is 12.1 Å². The number of hydrogen-bond acceptors (Lipinski definition) is 6. The zero-order chi connectivity index (χ0) is 16.2. The predicted octanol–water partition coefficient (Wildman–Crippen LogP) is 0.920. The van der Waals surface area contributed by atoms with E-state index in [1.54, 1.807) is 18.0 Å².